The fourth-order valence-electron chi connectivity index (χ4n) is 3.06. The second-order valence-electron chi connectivity index (χ2n) is 6.92. The molecular weight excluding hydrogens is 833 g/mol. The molecule has 1 heterocycles. The van der Waals surface area contributed by atoms with Gasteiger partial charge in [0.2, 0.25) is 0 Å². The van der Waals surface area contributed by atoms with Gasteiger partial charge in [-0.25, -0.2) is 16.8 Å². The normalized spacial score (nSPS) is 11.4. The van der Waals surface area contributed by atoms with E-state index in [1.54, 1.807) is 24.3 Å². The summed E-state index contributed by atoms with van der Waals surface area (Å²) in [7, 11) is -6.13. The number of aromatic nitrogens is 4. The molecule has 13 nitrogen and oxygen atoms in total. The second-order valence-corrected chi connectivity index (χ2v) is 10.9. The maximum atomic E-state index is 11.9. The summed E-state index contributed by atoms with van der Waals surface area (Å²) in [6, 6.07) is 14.4. The molecule has 0 unspecified atom stereocenters. The van der Waals surface area contributed by atoms with E-state index in [-0.39, 0.29) is 18.5 Å². The zero-order valence-electron chi connectivity index (χ0n) is 18.9. The van der Waals surface area contributed by atoms with Gasteiger partial charge in [-0.3, -0.25) is 10.1 Å². The number of nitro groups is 1. The van der Waals surface area contributed by atoms with Crippen LogP contribution in [0.15, 0.2) is 76.5 Å². The van der Waals surface area contributed by atoms with Crippen LogP contribution in [0.4, 0.5) is 5.69 Å². The van der Waals surface area contributed by atoms with Crippen molar-refractivity contribution in [3.63, 3.8) is 0 Å². The Morgan fingerprint density at radius 1 is 0.946 bits per heavy atom. The molecule has 0 saturated heterocycles. The van der Waals surface area contributed by atoms with E-state index < -0.39 is 35.0 Å². The molecule has 0 atom stereocenters. The first-order chi connectivity index (χ1) is 17.3. The van der Waals surface area contributed by atoms with E-state index in [1.807, 2.05) is 0 Å². The monoisotopic (exact) mass is 847 g/mol. The molecule has 0 N–H and O–H groups in total. The summed E-state index contributed by atoms with van der Waals surface area (Å²) in [5.74, 6) is -0.286. The zero-order valence-corrected chi connectivity index (χ0v) is 25.4. The summed E-state index contributed by atoms with van der Waals surface area (Å²) in [6.07, 6.45) is 0. The number of nitrogens with zero attached hydrogens (tertiary/aromatic N) is 5. The van der Waals surface area contributed by atoms with Crippen LogP contribution in [0.25, 0.3) is 22.8 Å². The van der Waals surface area contributed by atoms with Crippen molar-refractivity contribution in [2.75, 3.05) is 0 Å². The van der Waals surface area contributed by atoms with Gasteiger partial charge in [0.1, 0.15) is 25.9 Å². The Morgan fingerprint density at radius 3 is 2.05 bits per heavy atom. The van der Waals surface area contributed by atoms with Crippen LogP contribution < -0.4 is 4.80 Å². The third kappa shape index (κ3) is 6.73. The van der Waals surface area contributed by atoms with Crippen molar-refractivity contribution >= 4 is 58.3 Å². The van der Waals surface area contributed by atoms with Crippen LogP contribution in [0.1, 0.15) is 1.43 Å². The first-order valence-corrected chi connectivity index (χ1v) is 17.3. The van der Waals surface area contributed by atoms with Crippen LogP contribution in [0.2, 0.25) is 0 Å². The van der Waals surface area contributed by atoms with Crippen LogP contribution in [0.5, 0.6) is 0 Å². The third-order valence-electron chi connectivity index (χ3n) is 4.66. The van der Waals surface area contributed by atoms with Gasteiger partial charge in [-0.1, -0.05) is 0 Å². The Hall–Kier alpha value is -2.41. The number of tetrazole rings is 1. The fraction of sp³-hybridized carbons (Fsp3) is 0. The predicted molar refractivity (Wildman–Crippen MR) is 132 cm³/mol. The van der Waals surface area contributed by atoms with Crippen LogP contribution in [0.3, 0.4) is 0 Å². The average molecular weight is 847 g/mol. The number of nitro benzene ring substituents is 1. The molecule has 0 radical (unpaired) electrons. The summed E-state index contributed by atoms with van der Waals surface area (Å²) in [5.41, 5.74) is 0.252. The summed E-state index contributed by atoms with van der Waals surface area (Å²) >= 11 is 3.26. The molecule has 0 saturated carbocycles. The molecule has 0 fully saturated rings. The van der Waals surface area contributed by atoms with Crippen LogP contribution in [-0.4, -0.2) is 45.9 Å². The SMILES string of the molecule is O=[N+]([O-])c1ccc(-[n+]2nc(-c3ccc(S(=O)(=O)[O-])cc3S(=O)(=O)[O-])nn2-c2ccc(I)cc2)cc1.[3H-].[S]=[W]. The van der Waals surface area contributed by atoms with Gasteiger partial charge >= 0.3 is 33.6 Å². The Balaban J connectivity index is 0.00000165. The van der Waals surface area contributed by atoms with Gasteiger partial charge in [0.15, 0.2) is 5.69 Å². The van der Waals surface area contributed by atoms with E-state index in [9.17, 15) is 36.1 Å². The van der Waals surface area contributed by atoms with Gasteiger partial charge < -0.3 is 10.5 Å². The second kappa shape index (κ2) is 11.5. The van der Waals surface area contributed by atoms with Gasteiger partial charge in [0.25, 0.3) is 5.69 Å². The summed E-state index contributed by atoms with van der Waals surface area (Å²) in [6.45, 7) is 0. The molecule has 0 amide bonds. The van der Waals surface area contributed by atoms with E-state index in [4.69, 9.17) is 0 Å². The van der Waals surface area contributed by atoms with Gasteiger partial charge in [-0.15, -0.1) is 0 Å². The van der Waals surface area contributed by atoms with Crippen molar-refractivity contribution in [3.8, 4) is 22.8 Å². The van der Waals surface area contributed by atoms with E-state index in [2.05, 4.69) is 42.6 Å². The molecule has 3 aromatic carbocycles. The van der Waals surface area contributed by atoms with Crippen LogP contribution in [0, 0.1) is 13.7 Å². The minimum absolute atomic E-state index is 0. The molecular formula is C19H12IN5O8S3W-2. The zero-order chi connectivity index (χ0) is 27.5. The molecule has 194 valence electrons. The van der Waals surface area contributed by atoms with Crippen LogP contribution >= 0.6 is 32.4 Å². The molecule has 4 aromatic rings. The van der Waals surface area contributed by atoms with E-state index in [0.29, 0.717) is 17.4 Å². The molecule has 0 aliphatic carbocycles. The van der Waals surface area contributed by atoms with Crippen molar-refractivity contribution < 1.29 is 55.1 Å². The van der Waals surface area contributed by atoms with E-state index >= 15 is 0 Å². The van der Waals surface area contributed by atoms with E-state index in [1.165, 1.54) is 51.9 Å². The predicted octanol–water partition coefficient (Wildman–Crippen LogP) is 2.29. The van der Waals surface area contributed by atoms with Crippen molar-refractivity contribution in [3.05, 3.63) is 80.4 Å². The van der Waals surface area contributed by atoms with Crippen LogP contribution in [-0.2, 0) is 38.2 Å². The molecule has 0 aliphatic heterocycles. The quantitative estimate of drug-likeness (QED) is 0.0910. The van der Waals surface area contributed by atoms with E-state index in [0.717, 1.165) is 15.7 Å². The van der Waals surface area contributed by atoms with Crippen molar-refractivity contribution in [2.24, 2.45) is 0 Å². The molecule has 0 spiro atoms. The summed E-state index contributed by atoms with van der Waals surface area (Å²) in [5, 5.41) is 19.5. The Kier molecular flexibility index (Phi) is 9.09. The topological polar surface area (TPSA) is 192 Å². The Labute approximate surface area is 239 Å². The Bertz CT molecular complexity index is 1700. The first-order valence-electron chi connectivity index (χ1n) is 9.48. The third-order valence-corrected chi connectivity index (χ3v) is 7.09. The number of halogens is 1. The molecule has 1 aromatic heterocycles. The maximum absolute atomic E-state index is 11.9. The molecule has 37 heavy (non-hydrogen) atoms. The molecule has 0 aliphatic rings. The first kappa shape index (κ1) is 29.1. The Morgan fingerprint density at radius 2 is 1.54 bits per heavy atom. The number of non-ortho nitro benzene ring substituents is 1. The number of hydrogen-bond donors (Lipinski definition) is 0. The van der Waals surface area contributed by atoms with Gasteiger partial charge in [0, 0.05) is 20.5 Å². The van der Waals surface area contributed by atoms with Crippen molar-refractivity contribution in [2.45, 2.75) is 9.79 Å². The summed E-state index contributed by atoms with van der Waals surface area (Å²) < 4.78 is 70.6. The standard InChI is InChI=1S/C19H12IN5O8S2.S.W.H/c20-12-1-3-13(4-2-12)23-21-19(22-24(23)14-5-7-15(8-6-14)25(26)27)17-10-9-16(34(28,29)30)11-18(17)35(31,32)33;;;/h1-11H,(H-,28,29,30,31,32,33);;;/q;;;-1/p-1/i;;;1+2. The minimum atomic E-state index is -5.25. The van der Waals surface area contributed by atoms with Gasteiger partial charge in [0.05, 0.1) is 25.4 Å². The number of rotatable bonds is 6. The summed E-state index contributed by atoms with van der Waals surface area (Å²) in [4.78, 5) is 11.0. The number of benzene rings is 3. The molecule has 18 heteroatoms. The van der Waals surface area contributed by atoms with Gasteiger partial charge in [-0.2, -0.15) is 0 Å². The van der Waals surface area contributed by atoms with Gasteiger partial charge in [-0.05, 0) is 87.1 Å². The fourth-order valence-corrected chi connectivity index (χ4v) is 4.69. The average Bonchev–Trinajstić information content (AvgIpc) is 3.29. The molecule has 0 bridgehead atoms. The van der Waals surface area contributed by atoms with Crippen molar-refractivity contribution in [1.82, 2.24) is 15.0 Å². The molecule has 4 rings (SSSR count). The van der Waals surface area contributed by atoms with Crippen molar-refractivity contribution in [1.29, 1.82) is 0 Å². The number of hydrogen-bond acceptors (Lipinski definition) is 11.